The Morgan fingerprint density at radius 3 is 0.923 bits per heavy atom. The number of pyridine rings is 4. The molecule has 1 amide bonds. The molecular weight excluding hydrogens is 1780 g/mol. The van der Waals surface area contributed by atoms with Gasteiger partial charge in [0.2, 0.25) is 0 Å². The number of aliphatic imine (C=N–C) groups is 4. The Morgan fingerprint density at radius 2 is 0.622 bits per heavy atom. The van der Waals surface area contributed by atoms with E-state index in [1.165, 1.54) is 33.4 Å². The van der Waals surface area contributed by atoms with Gasteiger partial charge in [0, 0.05) is 147 Å². The summed E-state index contributed by atoms with van der Waals surface area (Å²) in [7, 11) is 3.57. The van der Waals surface area contributed by atoms with E-state index in [0.29, 0.717) is 37.3 Å². The highest BCUT2D eigenvalue weighted by atomic mass is 16.2. The number of fused-ring (bicyclic) bond motifs is 12. The summed E-state index contributed by atoms with van der Waals surface area (Å²) >= 11 is 0. The minimum absolute atomic E-state index is 0.0178. The van der Waals surface area contributed by atoms with Gasteiger partial charge in [0.1, 0.15) is 46.0 Å². The second kappa shape index (κ2) is 36.6. The average molecular weight is 1900 g/mol. The van der Waals surface area contributed by atoms with Crippen LogP contribution in [-0.4, -0.2) is 187 Å². The van der Waals surface area contributed by atoms with Crippen molar-refractivity contribution in [1.82, 2.24) is 64.7 Å². The van der Waals surface area contributed by atoms with Crippen molar-refractivity contribution in [3.05, 3.63) is 307 Å². The standard InChI is InChI=1S/C30H34N8O.C28H28N8.2C27H29N7/c1-36(2)29(39)19-7-8-20-16-30(27(31)21(20)15-19)9-13-37(14-10-30)25-18-33-26-23(35-25)17-34-28(26)38-12-4-5-22-24(38)6-3-11-32-22;29-15-18-5-6-19-14-28(26(30)20(19)13-18)7-11-35(12-8-28)24-17-32-25-22(34-24)16-33-27(25)36-10-2-3-21-23(36)4-1-9-31-21;2*28-25-19-6-2-1-5-18(19)15-27(25)9-13-33(14-10-27)23-17-30-24-21(32-23)16-31-26(24)34-12-4-7-20-22(34)8-3-11-29-20/h3,6-8,11,15,18,27H,4-5,9-10,12-14,16-17,31H2,1-2H3;1,4-6,9,13,17,26H,2-3,7-8,10-12,14,16,30H2;2*1-3,5-6,8,11,17,25H,4,7,9-10,12-16,28H2/t27-;26-;2*25-/m1110/s1. The monoisotopic (exact) mass is 1900 g/mol. The lowest BCUT2D eigenvalue weighted by molar-refractivity contribution is 0.0827. The summed E-state index contributed by atoms with van der Waals surface area (Å²) in [6.07, 6.45) is 35.9. The lowest BCUT2D eigenvalue weighted by atomic mass is 9.73. The minimum atomic E-state index is -0.0615. The molecule has 16 aliphatic rings. The number of amides is 1. The molecule has 12 aromatic rings. The van der Waals surface area contributed by atoms with Gasteiger partial charge >= 0.3 is 0 Å². The maximum absolute atomic E-state index is 12.5. The molecule has 31 heteroatoms. The zero-order chi connectivity index (χ0) is 96.4. The van der Waals surface area contributed by atoms with Crippen LogP contribution in [0.5, 0.6) is 0 Å². The smallest absolute Gasteiger partial charge is 0.253 e. The van der Waals surface area contributed by atoms with Crippen LogP contribution in [0.3, 0.4) is 0 Å². The summed E-state index contributed by atoms with van der Waals surface area (Å²) in [6.45, 7) is 13.5. The largest absolute Gasteiger partial charge is 0.355 e. The molecule has 4 atom stereocenters. The predicted octanol–water partition coefficient (Wildman–Crippen LogP) is 13.3. The minimum Gasteiger partial charge on any atom is -0.355 e. The third kappa shape index (κ3) is 15.9. The molecule has 724 valence electrons. The Hall–Kier alpha value is -14.3. The van der Waals surface area contributed by atoms with Crippen molar-refractivity contribution >= 4 is 75.3 Å². The Morgan fingerprint density at radius 1 is 0.336 bits per heavy atom. The number of nitrogens with two attached hydrogens (primary N) is 4. The van der Waals surface area contributed by atoms with Crippen LogP contribution in [-0.2, 0) is 77.5 Å². The van der Waals surface area contributed by atoms with Crippen LogP contribution in [0.15, 0.2) is 203 Å². The Bertz CT molecular complexity index is 6990. The van der Waals surface area contributed by atoms with Crippen molar-refractivity contribution in [2.75, 3.05) is 132 Å². The summed E-state index contributed by atoms with van der Waals surface area (Å²) in [5.41, 5.74) is 56.0. The SMILES string of the molecule is CN(C)C(=O)c1ccc2c(c1)[C@@H](N)C1(CCN(c3cnc4c(n3)CN=C4N3CCCc4ncccc43)CC1)C2.N#Cc1ccc2c(c1)[C@@H](N)C1(CCN(c3cnc4c(n3)CN=C4N3CCCc4ncccc43)CC1)C2.N[C@@H]1c2ccccc2CC12CCN(c1cnc3c(n1)CN=C3N1CCCc3ncccc31)CC2.N[C@H]1c2ccccc2CC12CCN(c1cnc3c(n1)CN=C3N1CCCc3ncccc31)CC2. The molecule has 143 heavy (non-hydrogen) atoms. The first-order valence-corrected chi connectivity index (χ1v) is 51.6. The molecule has 12 aliphatic heterocycles. The first kappa shape index (κ1) is 90.0. The Kier molecular flexibility index (Phi) is 23.0. The van der Waals surface area contributed by atoms with E-state index in [1.54, 1.807) is 19.0 Å². The van der Waals surface area contributed by atoms with E-state index in [0.717, 1.165) is 356 Å². The van der Waals surface area contributed by atoms with Crippen LogP contribution >= 0.6 is 0 Å². The lowest BCUT2D eigenvalue weighted by Crippen LogP contribution is -2.44. The van der Waals surface area contributed by atoms with Crippen LogP contribution in [0.25, 0.3) is 0 Å². The maximum atomic E-state index is 12.5. The van der Waals surface area contributed by atoms with Crippen LogP contribution in [0.1, 0.15) is 230 Å². The summed E-state index contributed by atoms with van der Waals surface area (Å²) in [6, 6.07) is 48.4. The number of rotatable bonds is 5. The number of benzene rings is 4. The lowest BCUT2D eigenvalue weighted by Gasteiger charge is -2.42. The van der Waals surface area contributed by atoms with Crippen LogP contribution < -0.4 is 62.1 Å². The van der Waals surface area contributed by atoms with Crippen molar-refractivity contribution < 1.29 is 4.79 Å². The van der Waals surface area contributed by atoms with Gasteiger partial charge in [-0.05, 0) is 267 Å². The molecule has 4 spiro atoms. The molecule has 31 nitrogen and oxygen atoms in total. The number of hydrogen-bond donors (Lipinski definition) is 4. The molecule has 8 N–H and O–H groups in total. The number of aryl methyl sites for hydroxylation is 4. The number of hydrogen-bond acceptors (Lipinski definition) is 30. The second-order valence-corrected chi connectivity index (χ2v) is 42.1. The Balaban J connectivity index is 0.000000100. The van der Waals surface area contributed by atoms with E-state index < -0.39 is 0 Å². The molecular formula is C112H120N30O. The first-order valence-electron chi connectivity index (χ1n) is 51.6. The Labute approximate surface area is 833 Å². The summed E-state index contributed by atoms with van der Waals surface area (Å²) < 4.78 is 0. The predicted molar refractivity (Wildman–Crippen MR) is 555 cm³/mol. The quantitative estimate of drug-likeness (QED) is 0.124. The number of nitriles is 1. The van der Waals surface area contributed by atoms with Gasteiger partial charge in [-0.3, -0.25) is 44.7 Å². The van der Waals surface area contributed by atoms with Gasteiger partial charge in [-0.15, -0.1) is 0 Å². The molecule has 4 aromatic carbocycles. The number of piperidine rings is 4. The molecule has 0 radical (unpaired) electrons. The fraction of sp³-hybridized carbons (Fsp3) is 0.411. The third-order valence-corrected chi connectivity index (χ3v) is 34.2. The molecule has 4 aliphatic carbocycles. The number of carbonyl (C=O) groups is 1. The highest BCUT2D eigenvalue weighted by Gasteiger charge is 2.52. The number of amidine groups is 4. The highest BCUT2D eigenvalue weighted by Crippen LogP contribution is 2.56. The number of anilines is 8. The highest BCUT2D eigenvalue weighted by molar-refractivity contribution is 6.14. The fourth-order valence-corrected chi connectivity index (χ4v) is 26.2. The molecule has 20 heterocycles. The van der Waals surface area contributed by atoms with Crippen molar-refractivity contribution in [1.29, 1.82) is 5.26 Å². The van der Waals surface area contributed by atoms with E-state index >= 15 is 0 Å². The average Bonchev–Trinajstić information content (AvgIpc) is 1.60. The topological polar surface area (TPSA) is 378 Å². The maximum Gasteiger partial charge on any atom is 0.253 e. The molecule has 0 bridgehead atoms. The van der Waals surface area contributed by atoms with E-state index in [9.17, 15) is 10.1 Å². The van der Waals surface area contributed by atoms with Gasteiger partial charge < -0.3 is 67.0 Å². The van der Waals surface area contributed by atoms with Gasteiger partial charge in [-0.1, -0.05) is 60.7 Å². The molecule has 0 saturated carbocycles. The first-order chi connectivity index (χ1) is 70.0. The summed E-state index contributed by atoms with van der Waals surface area (Å²) in [5, 5.41) is 9.29. The zero-order valence-electron chi connectivity index (χ0n) is 81.4. The number of aromatic nitrogens is 12. The van der Waals surface area contributed by atoms with E-state index in [4.69, 9.17) is 82.8 Å². The second-order valence-electron chi connectivity index (χ2n) is 42.1. The van der Waals surface area contributed by atoms with E-state index in [-0.39, 0.29) is 51.7 Å². The number of carbonyl (C=O) groups excluding carboxylic acids is 1. The summed E-state index contributed by atoms with van der Waals surface area (Å²) in [4.78, 5) is 110. The molecule has 28 rings (SSSR count). The van der Waals surface area contributed by atoms with E-state index in [1.807, 2.05) is 98.1 Å². The normalized spacial score (nSPS) is 21.8. The van der Waals surface area contributed by atoms with Gasteiger partial charge in [0.05, 0.1) is 131 Å². The van der Waals surface area contributed by atoms with Gasteiger partial charge in [0.15, 0.2) is 23.3 Å². The van der Waals surface area contributed by atoms with Crippen molar-refractivity contribution in [3.63, 3.8) is 0 Å². The summed E-state index contributed by atoms with van der Waals surface area (Å²) in [5.74, 6) is 7.51. The zero-order valence-corrected chi connectivity index (χ0v) is 81.4. The van der Waals surface area contributed by atoms with Gasteiger partial charge in [-0.2, -0.15) is 5.26 Å². The molecule has 4 fully saturated rings. The van der Waals surface area contributed by atoms with Crippen molar-refractivity contribution in [3.8, 4) is 6.07 Å². The molecule has 8 aromatic heterocycles. The van der Waals surface area contributed by atoms with E-state index in [2.05, 4.69) is 150 Å². The molecule has 0 unspecified atom stereocenters. The van der Waals surface area contributed by atoms with Gasteiger partial charge in [-0.25, -0.2) is 39.9 Å². The van der Waals surface area contributed by atoms with Crippen LogP contribution in [0.4, 0.5) is 46.0 Å². The number of nitrogens with zero attached hydrogens (tertiary/aromatic N) is 26. The van der Waals surface area contributed by atoms with Crippen LogP contribution in [0, 0.1) is 33.0 Å². The molecule has 4 saturated heterocycles. The van der Waals surface area contributed by atoms with Crippen molar-refractivity contribution in [2.45, 2.75) is 179 Å². The fourth-order valence-electron chi connectivity index (χ4n) is 26.2. The third-order valence-electron chi connectivity index (χ3n) is 34.2. The van der Waals surface area contributed by atoms with Crippen LogP contribution in [0.2, 0.25) is 0 Å². The van der Waals surface area contributed by atoms with Gasteiger partial charge in [0.25, 0.3) is 5.91 Å². The van der Waals surface area contributed by atoms with Crippen molar-refractivity contribution in [2.24, 2.45) is 64.6 Å².